The molecule has 0 amide bonds. The number of halogens is 1. The zero-order chi connectivity index (χ0) is 29.4. The summed E-state index contributed by atoms with van der Waals surface area (Å²) in [5.41, 5.74) is 5.65. The Morgan fingerprint density at radius 1 is 0.929 bits per heavy atom. The van der Waals surface area contributed by atoms with Crippen LogP contribution < -0.4 is 10.2 Å². The van der Waals surface area contributed by atoms with Gasteiger partial charge in [0.05, 0.1) is 22.7 Å². The summed E-state index contributed by atoms with van der Waals surface area (Å²) < 4.78 is 16.2. The molecule has 1 aliphatic rings. The molecule has 210 valence electrons. The van der Waals surface area contributed by atoms with Crippen LogP contribution in [0.4, 0.5) is 15.8 Å². The summed E-state index contributed by atoms with van der Waals surface area (Å²) in [6.07, 6.45) is 1.78. The van der Waals surface area contributed by atoms with Crippen molar-refractivity contribution in [1.82, 2.24) is 14.9 Å². The number of pyridine rings is 1. The molecular formula is C32H26FN5O2S2. The number of benzene rings is 3. The van der Waals surface area contributed by atoms with E-state index in [1.54, 1.807) is 24.4 Å². The Morgan fingerprint density at radius 3 is 2.29 bits per heavy atom. The fourth-order valence-corrected chi connectivity index (χ4v) is 6.66. The smallest absolute Gasteiger partial charge is 0.269 e. The molecule has 1 fully saturated rings. The van der Waals surface area contributed by atoms with Gasteiger partial charge in [0, 0.05) is 50.9 Å². The largest absolute Gasteiger partial charge is 0.351 e. The number of nitro benzene ring substituents is 1. The van der Waals surface area contributed by atoms with Crippen LogP contribution in [0.1, 0.15) is 34.7 Å². The number of thiocarbonyl (C=S) groups is 1. The molecule has 7 nitrogen and oxygen atoms in total. The van der Waals surface area contributed by atoms with Crippen LogP contribution in [-0.4, -0.2) is 19.6 Å². The normalized spacial score (nSPS) is 16.5. The topological polar surface area (TPSA) is 76.2 Å². The monoisotopic (exact) mass is 595 g/mol. The van der Waals surface area contributed by atoms with Crippen molar-refractivity contribution in [1.29, 1.82) is 0 Å². The zero-order valence-electron chi connectivity index (χ0n) is 22.8. The van der Waals surface area contributed by atoms with Gasteiger partial charge in [-0.05, 0) is 104 Å². The number of hydrogen-bond acceptors (Lipinski definition) is 5. The number of nitrogens with zero attached hydrogens (tertiary/aromatic N) is 4. The second-order valence-corrected chi connectivity index (χ2v) is 11.5. The minimum atomic E-state index is -0.402. The fourth-order valence-electron chi connectivity index (χ4n) is 5.50. The summed E-state index contributed by atoms with van der Waals surface area (Å²) >= 11 is 7.44. The number of anilines is 1. The Kier molecular flexibility index (Phi) is 7.49. The molecule has 1 saturated heterocycles. The van der Waals surface area contributed by atoms with Gasteiger partial charge in [-0.25, -0.2) is 4.39 Å². The lowest BCUT2D eigenvalue weighted by Crippen LogP contribution is -2.29. The van der Waals surface area contributed by atoms with Crippen molar-refractivity contribution in [3.63, 3.8) is 0 Å². The summed E-state index contributed by atoms with van der Waals surface area (Å²) in [5, 5.41) is 15.1. The molecule has 1 aliphatic heterocycles. The average Bonchev–Trinajstić information content (AvgIpc) is 3.48. The van der Waals surface area contributed by atoms with E-state index in [0.717, 1.165) is 43.8 Å². The average molecular weight is 596 g/mol. The molecule has 0 unspecified atom stereocenters. The van der Waals surface area contributed by atoms with E-state index in [4.69, 9.17) is 12.2 Å². The Morgan fingerprint density at radius 2 is 1.64 bits per heavy atom. The third-order valence-corrected chi connectivity index (χ3v) is 8.68. The molecule has 42 heavy (non-hydrogen) atoms. The van der Waals surface area contributed by atoms with Crippen LogP contribution in [0.15, 0.2) is 113 Å². The van der Waals surface area contributed by atoms with Crippen LogP contribution in [0, 0.1) is 29.8 Å². The fraction of sp³-hybridized carbons (Fsp3) is 0.125. The van der Waals surface area contributed by atoms with Gasteiger partial charge in [-0.1, -0.05) is 23.9 Å². The number of aryl methyl sites for hydroxylation is 1. The number of aromatic nitrogens is 2. The highest BCUT2D eigenvalue weighted by Gasteiger charge is 2.42. The van der Waals surface area contributed by atoms with Gasteiger partial charge in [0.15, 0.2) is 5.11 Å². The molecule has 10 heteroatoms. The van der Waals surface area contributed by atoms with Crippen molar-refractivity contribution < 1.29 is 9.31 Å². The summed E-state index contributed by atoms with van der Waals surface area (Å²) in [4.78, 5) is 19.3. The molecule has 1 N–H and O–H groups in total. The predicted octanol–water partition coefficient (Wildman–Crippen LogP) is 7.86. The Hall–Kier alpha value is -4.54. The minimum Gasteiger partial charge on any atom is -0.351 e. The number of rotatable bonds is 7. The van der Waals surface area contributed by atoms with E-state index in [2.05, 4.69) is 25.8 Å². The van der Waals surface area contributed by atoms with E-state index in [1.165, 1.54) is 36.0 Å². The van der Waals surface area contributed by atoms with Gasteiger partial charge in [-0.2, -0.15) is 0 Å². The van der Waals surface area contributed by atoms with E-state index in [1.807, 2.05) is 62.4 Å². The first kappa shape index (κ1) is 27.6. The second-order valence-electron chi connectivity index (χ2n) is 9.99. The van der Waals surface area contributed by atoms with E-state index < -0.39 is 4.92 Å². The van der Waals surface area contributed by atoms with Crippen LogP contribution in [0.25, 0.3) is 5.69 Å². The standard InChI is InChI=1S/C32H26FN5O2S2/c1-20-18-28(21(2)36(20)25-7-5-6-22(33)19-25)31-30(29-8-3-4-17-34-29)35-32(41)37(31)23-9-13-26(14-10-23)42-27-15-11-24(12-16-27)38(39)40/h3-19,30-31H,1-2H3,(H,35,41)/t30-,31+/m0/s1. The maximum atomic E-state index is 14.2. The van der Waals surface area contributed by atoms with Crippen molar-refractivity contribution in [2.24, 2.45) is 0 Å². The van der Waals surface area contributed by atoms with Crippen LogP contribution in [0.3, 0.4) is 0 Å². The van der Waals surface area contributed by atoms with E-state index >= 15 is 0 Å². The number of hydrogen-bond donors (Lipinski definition) is 1. The van der Waals surface area contributed by atoms with Crippen molar-refractivity contribution in [3.8, 4) is 5.69 Å². The quantitative estimate of drug-likeness (QED) is 0.117. The molecule has 3 heterocycles. The molecule has 0 saturated carbocycles. The maximum Gasteiger partial charge on any atom is 0.269 e. The van der Waals surface area contributed by atoms with Crippen molar-refractivity contribution in [2.45, 2.75) is 35.7 Å². The van der Waals surface area contributed by atoms with Gasteiger partial charge in [0.1, 0.15) is 5.82 Å². The number of non-ortho nitro benzene ring substituents is 1. The van der Waals surface area contributed by atoms with Crippen LogP contribution >= 0.6 is 24.0 Å². The summed E-state index contributed by atoms with van der Waals surface area (Å²) in [6.45, 7) is 4.07. The first-order chi connectivity index (χ1) is 20.3. The number of nitrogens with one attached hydrogen (secondary N) is 1. The Balaban J connectivity index is 1.37. The lowest BCUT2D eigenvalue weighted by molar-refractivity contribution is -0.384. The van der Waals surface area contributed by atoms with Crippen LogP contribution in [0.2, 0.25) is 0 Å². The maximum absolute atomic E-state index is 14.2. The lowest BCUT2D eigenvalue weighted by Gasteiger charge is -2.28. The molecule has 5 aromatic rings. The van der Waals surface area contributed by atoms with Gasteiger partial charge in [0.2, 0.25) is 0 Å². The molecule has 3 aromatic carbocycles. The molecule has 0 spiro atoms. The van der Waals surface area contributed by atoms with Crippen molar-refractivity contribution in [2.75, 3.05) is 4.90 Å². The third-order valence-electron chi connectivity index (χ3n) is 7.35. The second kappa shape index (κ2) is 11.4. The first-order valence-corrected chi connectivity index (χ1v) is 14.5. The molecule has 6 rings (SSSR count). The molecule has 0 aliphatic carbocycles. The Labute approximate surface area is 252 Å². The minimum absolute atomic E-state index is 0.0648. The first-order valence-electron chi connectivity index (χ1n) is 13.3. The molecular weight excluding hydrogens is 570 g/mol. The van der Waals surface area contributed by atoms with E-state index in [-0.39, 0.29) is 23.6 Å². The summed E-state index contributed by atoms with van der Waals surface area (Å²) in [5.74, 6) is -0.287. The van der Waals surface area contributed by atoms with Crippen LogP contribution in [-0.2, 0) is 0 Å². The van der Waals surface area contributed by atoms with Gasteiger partial charge in [-0.3, -0.25) is 15.1 Å². The van der Waals surface area contributed by atoms with Gasteiger partial charge >= 0.3 is 0 Å². The summed E-state index contributed by atoms with van der Waals surface area (Å²) in [7, 11) is 0. The highest BCUT2D eigenvalue weighted by atomic mass is 32.2. The van der Waals surface area contributed by atoms with E-state index in [9.17, 15) is 14.5 Å². The molecule has 2 atom stereocenters. The number of nitro groups is 1. The van der Waals surface area contributed by atoms with Crippen molar-refractivity contribution >= 4 is 40.5 Å². The lowest BCUT2D eigenvalue weighted by atomic mass is 9.96. The Bertz CT molecular complexity index is 1780. The van der Waals surface area contributed by atoms with Crippen LogP contribution in [0.5, 0.6) is 0 Å². The molecule has 0 radical (unpaired) electrons. The summed E-state index contributed by atoms with van der Waals surface area (Å²) in [6, 6.07) is 28.8. The highest BCUT2D eigenvalue weighted by molar-refractivity contribution is 7.99. The third kappa shape index (κ3) is 5.26. The molecule has 0 bridgehead atoms. The zero-order valence-corrected chi connectivity index (χ0v) is 24.4. The highest BCUT2D eigenvalue weighted by Crippen LogP contribution is 2.44. The van der Waals surface area contributed by atoms with E-state index in [0.29, 0.717) is 5.11 Å². The van der Waals surface area contributed by atoms with Gasteiger partial charge in [0.25, 0.3) is 5.69 Å². The predicted molar refractivity (Wildman–Crippen MR) is 167 cm³/mol. The van der Waals surface area contributed by atoms with Crippen molar-refractivity contribution in [3.05, 3.63) is 142 Å². The SMILES string of the molecule is Cc1cc([C@@H]2[C@H](c3ccccn3)NC(=S)N2c2ccc(Sc3ccc([N+](=O)[O-])cc3)cc2)c(C)n1-c1cccc(F)c1. The van der Waals surface area contributed by atoms with Gasteiger partial charge in [-0.15, -0.1) is 0 Å². The molecule has 2 aromatic heterocycles. The van der Waals surface area contributed by atoms with Gasteiger partial charge < -0.3 is 14.8 Å².